The van der Waals surface area contributed by atoms with Crippen LogP contribution < -0.4 is 5.32 Å². The molecule has 9 nitrogen and oxygen atoms in total. The van der Waals surface area contributed by atoms with Gasteiger partial charge in [0.2, 0.25) is 10.0 Å². The Morgan fingerprint density at radius 1 is 1.30 bits per heavy atom. The van der Waals surface area contributed by atoms with Crippen LogP contribution in [0.4, 0.5) is 0 Å². The minimum atomic E-state index is -3.90. The van der Waals surface area contributed by atoms with Crippen LogP contribution in [0.1, 0.15) is 23.2 Å². The molecule has 0 bridgehead atoms. The zero-order chi connectivity index (χ0) is 21.9. The van der Waals surface area contributed by atoms with E-state index in [0.717, 1.165) is 0 Å². The van der Waals surface area contributed by atoms with Crippen molar-refractivity contribution in [1.82, 2.24) is 14.5 Å². The number of rotatable bonds is 7. The van der Waals surface area contributed by atoms with Gasteiger partial charge < -0.3 is 19.1 Å². The Morgan fingerprint density at radius 3 is 2.50 bits per heavy atom. The highest BCUT2D eigenvalue weighted by Gasteiger charge is 2.54. The van der Waals surface area contributed by atoms with Crippen LogP contribution in [0.2, 0.25) is 0 Å². The maximum absolute atomic E-state index is 13.6. The molecular weight excluding hydrogens is 449 g/mol. The molecule has 166 valence electrons. The highest BCUT2D eigenvalue weighted by Crippen LogP contribution is 2.40. The van der Waals surface area contributed by atoms with Crippen molar-refractivity contribution >= 4 is 41.9 Å². The van der Waals surface area contributed by atoms with Gasteiger partial charge in [-0.1, -0.05) is 0 Å². The summed E-state index contributed by atoms with van der Waals surface area (Å²) in [6.07, 6.45) is 1.12. The van der Waals surface area contributed by atoms with Crippen LogP contribution in [0.5, 0.6) is 0 Å². The molecule has 0 radical (unpaired) electrons. The van der Waals surface area contributed by atoms with E-state index in [9.17, 15) is 18.0 Å². The van der Waals surface area contributed by atoms with E-state index in [1.165, 1.54) is 28.6 Å². The summed E-state index contributed by atoms with van der Waals surface area (Å²) in [5.74, 6) is -1.85. The minimum absolute atomic E-state index is 0.0556. The molecule has 2 unspecified atom stereocenters. The molecule has 0 amide bonds. The lowest BCUT2D eigenvalue weighted by molar-refractivity contribution is -0.128. The lowest BCUT2D eigenvalue weighted by Gasteiger charge is -2.41. The van der Waals surface area contributed by atoms with Crippen molar-refractivity contribution in [2.75, 3.05) is 40.3 Å². The molecular formula is C18H26N3O6PS2. The highest BCUT2D eigenvalue weighted by atomic mass is 32.7. The third kappa shape index (κ3) is 4.72. The van der Waals surface area contributed by atoms with Gasteiger partial charge in [-0.05, 0) is 59.9 Å². The van der Waals surface area contributed by atoms with Gasteiger partial charge in [0.15, 0.2) is 0 Å². The molecule has 2 atom stereocenters. The lowest BCUT2D eigenvalue weighted by Crippen LogP contribution is -2.57. The average Bonchev–Trinajstić information content (AvgIpc) is 3.05. The first-order chi connectivity index (χ1) is 14.2. The number of ether oxygens (including phenoxy) is 1. The molecule has 2 aliphatic rings. The molecule has 0 aromatic heterocycles. The van der Waals surface area contributed by atoms with E-state index >= 15 is 0 Å². The van der Waals surface area contributed by atoms with Gasteiger partial charge in [0.1, 0.15) is 5.72 Å². The van der Waals surface area contributed by atoms with Gasteiger partial charge in [0.05, 0.1) is 29.2 Å². The molecule has 30 heavy (non-hydrogen) atoms. The van der Waals surface area contributed by atoms with E-state index in [0.29, 0.717) is 50.7 Å². The second-order valence-electron chi connectivity index (χ2n) is 7.54. The predicted octanol–water partition coefficient (Wildman–Crippen LogP) is 0.882. The number of carbonyl (C=O) groups is 2. The van der Waals surface area contributed by atoms with Crippen molar-refractivity contribution in [2.24, 2.45) is 0 Å². The molecule has 0 aliphatic carbocycles. The third-order valence-corrected chi connectivity index (χ3v) is 7.77. The SMILES string of the molecule is CN(C)CC1COC2(CCNCC2)N1S(=O)(=O)c1ccc(C(=O)C(=O)OSP)cc1. The van der Waals surface area contributed by atoms with Gasteiger partial charge in [-0.15, -0.1) is 0 Å². The Balaban J connectivity index is 1.92. The zero-order valence-corrected chi connectivity index (χ0v) is 19.7. The molecule has 2 fully saturated rings. The van der Waals surface area contributed by atoms with E-state index in [2.05, 4.69) is 17.9 Å². The fourth-order valence-electron chi connectivity index (χ4n) is 3.95. The molecule has 2 saturated heterocycles. The first kappa shape index (κ1) is 23.6. The summed E-state index contributed by atoms with van der Waals surface area (Å²) in [5, 5.41) is 3.25. The third-order valence-electron chi connectivity index (χ3n) is 5.22. The van der Waals surface area contributed by atoms with Crippen LogP contribution in [0.25, 0.3) is 0 Å². The van der Waals surface area contributed by atoms with Crippen molar-refractivity contribution < 1.29 is 26.9 Å². The molecule has 1 spiro atoms. The number of carbonyl (C=O) groups excluding carboxylic acids is 2. The van der Waals surface area contributed by atoms with Gasteiger partial charge in [-0.3, -0.25) is 4.79 Å². The second-order valence-corrected chi connectivity index (χ2v) is 10.3. The maximum Gasteiger partial charge on any atom is 0.391 e. The summed E-state index contributed by atoms with van der Waals surface area (Å²) < 4.78 is 39.5. The number of hydrogen-bond donors (Lipinski definition) is 1. The molecule has 0 saturated carbocycles. The van der Waals surface area contributed by atoms with E-state index < -0.39 is 27.5 Å². The smallest absolute Gasteiger partial charge is 0.381 e. The fourth-order valence-corrected chi connectivity index (χ4v) is 6.28. The van der Waals surface area contributed by atoms with Crippen molar-refractivity contribution in [1.29, 1.82) is 0 Å². The summed E-state index contributed by atoms with van der Waals surface area (Å²) >= 11 is 0.695. The van der Waals surface area contributed by atoms with Gasteiger partial charge in [0, 0.05) is 24.9 Å². The first-order valence-corrected chi connectivity index (χ1v) is 13.1. The first-order valence-electron chi connectivity index (χ1n) is 9.47. The summed E-state index contributed by atoms with van der Waals surface area (Å²) in [7, 11) is 2.00. The number of hydrogen-bond acceptors (Lipinski definition) is 9. The molecule has 2 aliphatic heterocycles. The topological polar surface area (TPSA) is 105 Å². The number of nitrogens with zero attached hydrogens (tertiary/aromatic N) is 2. The number of likely N-dealkylation sites (N-methyl/N-ethyl adjacent to an activating group) is 1. The molecule has 1 N–H and O–H groups in total. The Kier molecular flexibility index (Phi) is 7.55. The van der Waals surface area contributed by atoms with Gasteiger partial charge >= 0.3 is 5.97 Å². The predicted molar refractivity (Wildman–Crippen MR) is 116 cm³/mol. The lowest BCUT2D eigenvalue weighted by atomic mass is 10.0. The molecule has 2 heterocycles. The van der Waals surface area contributed by atoms with Crippen LogP contribution in [0.3, 0.4) is 0 Å². The Bertz CT molecular complexity index is 888. The number of Topliss-reactive ketones (excluding diaryl/α,β-unsaturated/α-hetero) is 1. The van der Waals surface area contributed by atoms with E-state index in [-0.39, 0.29) is 16.5 Å². The fraction of sp³-hybridized carbons (Fsp3) is 0.556. The average molecular weight is 476 g/mol. The van der Waals surface area contributed by atoms with Crippen LogP contribution >= 0.6 is 20.1 Å². The number of benzene rings is 1. The molecule has 1 aromatic rings. The molecule has 3 rings (SSSR count). The number of nitrogens with one attached hydrogen (secondary N) is 1. The van der Waals surface area contributed by atoms with Crippen LogP contribution in [-0.2, 0) is 23.7 Å². The minimum Gasteiger partial charge on any atom is -0.381 e. The van der Waals surface area contributed by atoms with Crippen LogP contribution in [-0.4, -0.2) is 81.5 Å². The standard InChI is InChI=1S/C18H26N3O6PS2/c1-20(2)11-14-12-26-18(7-9-19-10-8-18)21(14)30(24,25)15-5-3-13(4-6-15)16(22)17(23)27-29-28/h3-6,14,19H,7-12,28H2,1-2H3. The number of ketones is 1. The van der Waals surface area contributed by atoms with Gasteiger partial charge in [-0.2, -0.15) is 4.31 Å². The highest BCUT2D eigenvalue weighted by molar-refractivity contribution is 8.41. The van der Waals surface area contributed by atoms with Crippen LogP contribution in [0, 0.1) is 0 Å². The van der Waals surface area contributed by atoms with Crippen molar-refractivity contribution in [3.8, 4) is 0 Å². The Hall–Kier alpha value is -1.07. The molecule has 1 aromatic carbocycles. The van der Waals surface area contributed by atoms with Crippen molar-refractivity contribution in [2.45, 2.75) is 29.5 Å². The quantitative estimate of drug-likeness (QED) is 0.266. The zero-order valence-electron chi connectivity index (χ0n) is 16.9. The Labute approximate surface area is 183 Å². The number of piperidine rings is 1. The van der Waals surface area contributed by atoms with E-state index in [1.54, 1.807) is 0 Å². The summed E-state index contributed by atoms with van der Waals surface area (Å²) in [5.41, 5.74) is -0.809. The van der Waals surface area contributed by atoms with Gasteiger partial charge in [-0.25, -0.2) is 13.2 Å². The largest absolute Gasteiger partial charge is 0.391 e. The summed E-state index contributed by atoms with van der Waals surface area (Å²) in [6, 6.07) is 5.04. The van der Waals surface area contributed by atoms with Gasteiger partial charge in [0.25, 0.3) is 5.78 Å². The van der Waals surface area contributed by atoms with E-state index in [4.69, 9.17) is 4.74 Å². The van der Waals surface area contributed by atoms with E-state index in [1.807, 2.05) is 19.0 Å². The monoisotopic (exact) mass is 475 g/mol. The second kappa shape index (κ2) is 9.60. The maximum atomic E-state index is 13.6. The van der Waals surface area contributed by atoms with Crippen molar-refractivity contribution in [3.05, 3.63) is 29.8 Å². The summed E-state index contributed by atoms with van der Waals surface area (Å²) in [4.78, 5) is 25.7. The summed E-state index contributed by atoms with van der Waals surface area (Å²) in [6.45, 7) is 2.20. The molecule has 12 heteroatoms. The normalized spacial score (nSPS) is 21.8. The van der Waals surface area contributed by atoms with Crippen LogP contribution in [0.15, 0.2) is 29.2 Å². The van der Waals surface area contributed by atoms with Crippen molar-refractivity contribution in [3.63, 3.8) is 0 Å². The number of sulfonamides is 1. The Morgan fingerprint density at radius 2 is 1.93 bits per heavy atom.